The van der Waals surface area contributed by atoms with Crippen LogP contribution >= 0.6 is 0 Å². The fourth-order valence-corrected chi connectivity index (χ4v) is 1.55. The molecule has 0 aliphatic heterocycles. The molecule has 0 saturated carbocycles. The Kier molecular flexibility index (Phi) is 2.44. The zero-order chi connectivity index (χ0) is 11.7. The van der Waals surface area contributed by atoms with Gasteiger partial charge < -0.3 is 19.0 Å². The molecule has 2 rings (SSSR count). The topological polar surface area (TPSA) is 68.9 Å². The summed E-state index contributed by atoms with van der Waals surface area (Å²) in [6.07, 6.45) is 1.24. The number of methoxy groups -OCH3 is 2. The van der Waals surface area contributed by atoms with Crippen LogP contribution in [-0.4, -0.2) is 19.3 Å². The Morgan fingerprint density at radius 1 is 1.31 bits per heavy atom. The minimum absolute atomic E-state index is 0.0835. The first-order chi connectivity index (χ1) is 7.69. The highest BCUT2D eigenvalue weighted by atomic mass is 16.5. The second-order valence-electron chi connectivity index (χ2n) is 3.12. The Morgan fingerprint density at radius 3 is 2.69 bits per heavy atom. The van der Waals surface area contributed by atoms with E-state index in [-0.39, 0.29) is 27.9 Å². The lowest BCUT2D eigenvalue weighted by molar-refractivity contribution is 0.350. The van der Waals surface area contributed by atoms with Crippen LogP contribution in [0.4, 0.5) is 0 Å². The molecule has 1 heterocycles. The fraction of sp³-hybridized carbons (Fsp3) is 0.182. The Bertz CT molecular complexity index is 585. The first-order valence-electron chi connectivity index (χ1n) is 4.54. The maximum Gasteiger partial charge on any atom is 0.204 e. The van der Waals surface area contributed by atoms with Gasteiger partial charge in [0.15, 0.2) is 16.8 Å². The quantitative estimate of drug-likeness (QED) is 0.834. The maximum atomic E-state index is 11.6. The van der Waals surface area contributed by atoms with Gasteiger partial charge in [0.25, 0.3) is 0 Å². The second-order valence-corrected chi connectivity index (χ2v) is 3.12. The van der Waals surface area contributed by atoms with Gasteiger partial charge in [-0.05, 0) is 0 Å². The van der Waals surface area contributed by atoms with Crippen molar-refractivity contribution in [3.63, 3.8) is 0 Å². The number of fused-ring (bicyclic) bond motifs is 1. The molecule has 0 atom stereocenters. The maximum absolute atomic E-state index is 11.6. The molecule has 2 aromatic rings. The van der Waals surface area contributed by atoms with E-state index in [0.717, 1.165) is 0 Å². The van der Waals surface area contributed by atoms with E-state index in [1.807, 2.05) is 0 Å². The summed E-state index contributed by atoms with van der Waals surface area (Å²) in [6.45, 7) is 0. The zero-order valence-corrected chi connectivity index (χ0v) is 8.81. The van der Waals surface area contributed by atoms with Gasteiger partial charge in [-0.3, -0.25) is 4.79 Å². The summed E-state index contributed by atoms with van der Waals surface area (Å²) < 4.78 is 15.3. The standard InChI is InChI=1S/C11H10O5/c1-14-8-5-7(13)9-6(12)3-4-16-11(9)10(8)15-2/h3-5,13H,1-2H3. The third-order valence-corrected chi connectivity index (χ3v) is 2.26. The van der Waals surface area contributed by atoms with E-state index in [1.54, 1.807) is 0 Å². The molecule has 0 spiro atoms. The first-order valence-corrected chi connectivity index (χ1v) is 4.54. The number of phenolic OH excluding ortho intramolecular Hbond substituents is 1. The summed E-state index contributed by atoms with van der Waals surface area (Å²) in [5, 5.41) is 9.77. The molecule has 1 aromatic heterocycles. The van der Waals surface area contributed by atoms with Crippen LogP contribution in [0.3, 0.4) is 0 Å². The van der Waals surface area contributed by atoms with Crippen LogP contribution in [0.1, 0.15) is 0 Å². The van der Waals surface area contributed by atoms with E-state index in [4.69, 9.17) is 13.9 Å². The molecule has 0 unspecified atom stereocenters. The van der Waals surface area contributed by atoms with Crippen LogP contribution in [0.5, 0.6) is 17.2 Å². The number of phenols is 1. The van der Waals surface area contributed by atoms with E-state index < -0.39 is 0 Å². The van der Waals surface area contributed by atoms with Gasteiger partial charge in [0, 0.05) is 12.1 Å². The molecule has 5 nitrogen and oxygen atoms in total. The third-order valence-electron chi connectivity index (χ3n) is 2.26. The zero-order valence-electron chi connectivity index (χ0n) is 8.81. The van der Waals surface area contributed by atoms with Crippen molar-refractivity contribution in [1.82, 2.24) is 0 Å². The molecule has 0 bridgehead atoms. The average Bonchev–Trinajstić information content (AvgIpc) is 2.28. The molecular weight excluding hydrogens is 212 g/mol. The molecule has 5 heteroatoms. The average molecular weight is 222 g/mol. The van der Waals surface area contributed by atoms with E-state index in [2.05, 4.69) is 0 Å². The highest BCUT2D eigenvalue weighted by Crippen LogP contribution is 2.39. The van der Waals surface area contributed by atoms with Gasteiger partial charge in [0.1, 0.15) is 11.1 Å². The Labute approximate surface area is 90.8 Å². The minimum Gasteiger partial charge on any atom is -0.507 e. The summed E-state index contributed by atoms with van der Waals surface area (Å²) in [4.78, 5) is 11.6. The summed E-state index contributed by atoms with van der Waals surface area (Å²) in [7, 11) is 2.87. The molecule has 16 heavy (non-hydrogen) atoms. The second kappa shape index (κ2) is 3.77. The molecule has 1 aromatic carbocycles. The molecule has 0 radical (unpaired) electrons. The highest BCUT2D eigenvalue weighted by molar-refractivity contribution is 5.90. The van der Waals surface area contributed by atoms with Gasteiger partial charge in [-0.1, -0.05) is 0 Å². The predicted octanol–water partition coefficient (Wildman–Crippen LogP) is 1.52. The molecule has 0 aliphatic rings. The van der Waals surface area contributed by atoms with E-state index >= 15 is 0 Å². The van der Waals surface area contributed by atoms with Crippen LogP contribution in [0, 0.1) is 0 Å². The van der Waals surface area contributed by atoms with Crippen molar-refractivity contribution < 1.29 is 19.0 Å². The fourth-order valence-electron chi connectivity index (χ4n) is 1.55. The SMILES string of the molecule is COc1cc(O)c2c(=O)ccoc2c1OC. The molecule has 0 fully saturated rings. The van der Waals surface area contributed by atoms with Crippen molar-refractivity contribution >= 4 is 11.0 Å². The lowest BCUT2D eigenvalue weighted by Gasteiger charge is -2.10. The van der Waals surface area contributed by atoms with Crippen molar-refractivity contribution in [3.8, 4) is 17.2 Å². The summed E-state index contributed by atoms with van der Waals surface area (Å²) in [6, 6.07) is 2.55. The van der Waals surface area contributed by atoms with Crippen molar-refractivity contribution in [1.29, 1.82) is 0 Å². The molecule has 84 valence electrons. The first kappa shape index (κ1) is 10.4. The van der Waals surface area contributed by atoms with Gasteiger partial charge in [-0.15, -0.1) is 0 Å². The van der Waals surface area contributed by atoms with Crippen LogP contribution < -0.4 is 14.9 Å². The van der Waals surface area contributed by atoms with Gasteiger partial charge in [-0.2, -0.15) is 0 Å². The molecular formula is C11H10O5. The van der Waals surface area contributed by atoms with E-state index in [1.165, 1.54) is 32.6 Å². The number of aromatic hydroxyl groups is 1. The largest absolute Gasteiger partial charge is 0.507 e. The van der Waals surface area contributed by atoms with E-state index in [0.29, 0.717) is 5.75 Å². The lowest BCUT2D eigenvalue weighted by Crippen LogP contribution is -2.01. The van der Waals surface area contributed by atoms with Crippen molar-refractivity contribution in [2.24, 2.45) is 0 Å². The summed E-state index contributed by atoms with van der Waals surface area (Å²) in [5.41, 5.74) is -0.161. The highest BCUT2D eigenvalue weighted by Gasteiger charge is 2.17. The third kappa shape index (κ3) is 1.37. The Hall–Kier alpha value is -2.17. The summed E-state index contributed by atoms with van der Waals surface area (Å²) >= 11 is 0. The predicted molar refractivity (Wildman–Crippen MR) is 57.3 cm³/mol. The van der Waals surface area contributed by atoms with Gasteiger partial charge in [-0.25, -0.2) is 0 Å². The number of ether oxygens (including phenoxy) is 2. The number of hydrogen-bond donors (Lipinski definition) is 1. The van der Waals surface area contributed by atoms with Crippen LogP contribution in [0.25, 0.3) is 11.0 Å². The molecule has 0 saturated heterocycles. The van der Waals surface area contributed by atoms with Gasteiger partial charge in [0.2, 0.25) is 5.75 Å². The Morgan fingerprint density at radius 2 is 2.06 bits per heavy atom. The monoisotopic (exact) mass is 222 g/mol. The number of hydrogen-bond acceptors (Lipinski definition) is 5. The van der Waals surface area contributed by atoms with Crippen LogP contribution in [0.2, 0.25) is 0 Å². The lowest BCUT2D eigenvalue weighted by atomic mass is 10.2. The van der Waals surface area contributed by atoms with Crippen molar-refractivity contribution in [2.75, 3.05) is 14.2 Å². The minimum atomic E-state index is -0.334. The van der Waals surface area contributed by atoms with Crippen molar-refractivity contribution in [3.05, 3.63) is 28.6 Å². The van der Waals surface area contributed by atoms with Crippen molar-refractivity contribution in [2.45, 2.75) is 0 Å². The molecule has 1 N–H and O–H groups in total. The summed E-state index contributed by atoms with van der Waals surface area (Å²) in [5.74, 6) is 0.400. The van der Waals surface area contributed by atoms with Crippen LogP contribution in [-0.2, 0) is 0 Å². The smallest absolute Gasteiger partial charge is 0.204 e. The van der Waals surface area contributed by atoms with Gasteiger partial charge in [0.05, 0.1) is 20.5 Å². The normalized spacial score (nSPS) is 10.4. The number of benzene rings is 1. The molecule has 0 aliphatic carbocycles. The molecule has 0 amide bonds. The number of rotatable bonds is 2. The van der Waals surface area contributed by atoms with Crippen LogP contribution in [0.15, 0.2) is 27.6 Å². The van der Waals surface area contributed by atoms with E-state index in [9.17, 15) is 9.90 Å². The Balaban J connectivity index is 2.97. The van der Waals surface area contributed by atoms with Gasteiger partial charge >= 0.3 is 0 Å².